The Bertz CT molecular complexity index is 1550. The highest BCUT2D eigenvalue weighted by Crippen LogP contribution is 2.35. The number of aryl methyl sites for hydroxylation is 1. The molecule has 0 saturated heterocycles. The van der Waals surface area contributed by atoms with Gasteiger partial charge in [0, 0.05) is 12.2 Å². The number of carbonyl (C=O) groups is 1. The van der Waals surface area contributed by atoms with Gasteiger partial charge >= 0.3 is 0 Å². The number of anilines is 2. The first kappa shape index (κ1) is 23.8. The van der Waals surface area contributed by atoms with Crippen molar-refractivity contribution in [3.05, 3.63) is 95.8 Å². The van der Waals surface area contributed by atoms with E-state index in [0.717, 1.165) is 34.9 Å². The van der Waals surface area contributed by atoms with E-state index in [2.05, 4.69) is 5.32 Å². The van der Waals surface area contributed by atoms with Gasteiger partial charge in [0.15, 0.2) is 0 Å². The summed E-state index contributed by atoms with van der Waals surface area (Å²) in [5, 5.41) is 4.60. The maximum Gasteiger partial charge on any atom is 0.264 e. The lowest BCUT2D eigenvalue weighted by Gasteiger charge is -2.31. The van der Waals surface area contributed by atoms with Crippen LogP contribution >= 0.6 is 0 Å². The lowest BCUT2D eigenvalue weighted by atomic mass is 10.0. The van der Waals surface area contributed by atoms with E-state index < -0.39 is 15.8 Å². The maximum absolute atomic E-state index is 13.5. The lowest BCUT2D eigenvalue weighted by Crippen LogP contribution is -2.35. The molecule has 0 aliphatic carbocycles. The molecule has 4 aromatic rings. The van der Waals surface area contributed by atoms with E-state index >= 15 is 0 Å². The molecule has 5 rings (SSSR count). The minimum atomic E-state index is -3.90. The van der Waals surface area contributed by atoms with E-state index in [1.165, 1.54) is 16.4 Å². The summed E-state index contributed by atoms with van der Waals surface area (Å²) >= 11 is 0. The average Bonchev–Trinajstić information content (AvgIpc) is 2.88. The third-order valence-corrected chi connectivity index (χ3v) is 8.07. The Morgan fingerprint density at radius 1 is 1.03 bits per heavy atom. The molecule has 1 aliphatic heterocycles. The molecular formula is C28H25FN2O4S. The van der Waals surface area contributed by atoms with Crippen molar-refractivity contribution < 1.29 is 22.3 Å². The fourth-order valence-corrected chi connectivity index (χ4v) is 6.09. The van der Waals surface area contributed by atoms with Crippen LogP contribution in [-0.2, 0) is 16.4 Å². The molecule has 0 bridgehead atoms. The number of amides is 1. The first-order valence-corrected chi connectivity index (χ1v) is 13.2. The number of benzene rings is 4. The number of rotatable bonds is 6. The standard InChI is InChI=1S/C28H25FN2O4S/c1-2-35-26-16-10-19-6-3-4-8-24(19)27(26)28(32)30-22-13-9-20-7-5-17-31(25(20)18-22)36(33,34)23-14-11-21(29)12-15-23/h3-4,6,8-16,18H,2,5,7,17H2,1H3,(H,30,32). The van der Waals surface area contributed by atoms with Crippen molar-refractivity contribution >= 4 is 38.1 Å². The van der Waals surface area contributed by atoms with E-state index in [0.29, 0.717) is 42.3 Å². The molecule has 6 nitrogen and oxygen atoms in total. The summed E-state index contributed by atoms with van der Waals surface area (Å²) in [6.07, 6.45) is 1.38. The number of ether oxygens (including phenoxy) is 1. The molecule has 0 atom stereocenters. The molecule has 4 aromatic carbocycles. The molecule has 0 radical (unpaired) electrons. The van der Waals surface area contributed by atoms with Crippen LogP contribution in [0, 0.1) is 5.82 Å². The van der Waals surface area contributed by atoms with Crippen LogP contribution in [0.1, 0.15) is 29.3 Å². The Morgan fingerprint density at radius 3 is 2.58 bits per heavy atom. The molecule has 0 spiro atoms. The van der Waals surface area contributed by atoms with Crippen LogP contribution in [0.3, 0.4) is 0 Å². The Hall–Kier alpha value is -3.91. The number of nitrogens with zero attached hydrogens (tertiary/aromatic N) is 1. The van der Waals surface area contributed by atoms with Crippen molar-refractivity contribution in [2.45, 2.75) is 24.7 Å². The van der Waals surface area contributed by atoms with Crippen molar-refractivity contribution in [3.63, 3.8) is 0 Å². The van der Waals surface area contributed by atoms with E-state index in [1.54, 1.807) is 18.2 Å². The van der Waals surface area contributed by atoms with Crippen molar-refractivity contribution in [2.75, 3.05) is 22.8 Å². The van der Waals surface area contributed by atoms with Gasteiger partial charge in [-0.2, -0.15) is 0 Å². The third-order valence-electron chi connectivity index (χ3n) is 6.24. The van der Waals surface area contributed by atoms with E-state index in [9.17, 15) is 17.6 Å². The van der Waals surface area contributed by atoms with Gasteiger partial charge < -0.3 is 10.1 Å². The molecule has 0 fully saturated rings. The Morgan fingerprint density at radius 2 is 1.81 bits per heavy atom. The monoisotopic (exact) mass is 504 g/mol. The zero-order chi connectivity index (χ0) is 25.3. The van der Waals surface area contributed by atoms with Gasteiger partial charge in [-0.15, -0.1) is 0 Å². The molecule has 0 unspecified atom stereocenters. The summed E-state index contributed by atoms with van der Waals surface area (Å²) in [5.41, 5.74) is 2.26. The van der Waals surface area contributed by atoms with Crippen LogP contribution in [0.5, 0.6) is 5.75 Å². The number of carbonyl (C=O) groups excluding carboxylic acids is 1. The van der Waals surface area contributed by atoms with Crippen molar-refractivity contribution in [1.29, 1.82) is 0 Å². The number of fused-ring (bicyclic) bond motifs is 2. The number of nitrogens with one attached hydrogen (secondary N) is 1. The quantitative estimate of drug-likeness (QED) is 0.362. The molecule has 8 heteroatoms. The van der Waals surface area contributed by atoms with Crippen LogP contribution in [0.4, 0.5) is 15.8 Å². The number of hydrogen-bond acceptors (Lipinski definition) is 4. The Balaban J connectivity index is 1.51. The topological polar surface area (TPSA) is 75.7 Å². The fourth-order valence-electron chi connectivity index (χ4n) is 4.56. The zero-order valence-electron chi connectivity index (χ0n) is 19.7. The second-order valence-electron chi connectivity index (χ2n) is 8.53. The molecule has 1 heterocycles. The predicted molar refractivity (Wildman–Crippen MR) is 139 cm³/mol. The van der Waals surface area contributed by atoms with Crippen LogP contribution < -0.4 is 14.4 Å². The van der Waals surface area contributed by atoms with Crippen LogP contribution in [0.2, 0.25) is 0 Å². The molecule has 1 aliphatic rings. The van der Waals surface area contributed by atoms with Gasteiger partial charge in [-0.1, -0.05) is 36.4 Å². The molecule has 184 valence electrons. The van der Waals surface area contributed by atoms with Crippen LogP contribution in [-0.4, -0.2) is 27.5 Å². The largest absolute Gasteiger partial charge is 0.493 e. The highest BCUT2D eigenvalue weighted by atomic mass is 32.2. The van der Waals surface area contributed by atoms with Crippen LogP contribution in [0.25, 0.3) is 10.8 Å². The average molecular weight is 505 g/mol. The molecule has 0 saturated carbocycles. The minimum absolute atomic E-state index is 0.0169. The second-order valence-corrected chi connectivity index (χ2v) is 10.4. The Kier molecular flexibility index (Phi) is 6.36. The van der Waals surface area contributed by atoms with Crippen molar-refractivity contribution in [3.8, 4) is 5.75 Å². The fraction of sp³-hybridized carbons (Fsp3) is 0.179. The van der Waals surface area contributed by atoms with Gasteiger partial charge in [0.1, 0.15) is 11.6 Å². The predicted octanol–water partition coefficient (Wildman–Crippen LogP) is 5.77. The number of sulfonamides is 1. The minimum Gasteiger partial charge on any atom is -0.493 e. The van der Waals surface area contributed by atoms with Gasteiger partial charge in [0.25, 0.3) is 15.9 Å². The van der Waals surface area contributed by atoms with E-state index in [4.69, 9.17) is 4.74 Å². The zero-order valence-corrected chi connectivity index (χ0v) is 20.5. The summed E-state index contributed by atoms with van der Waals surface area (Å²) in [6.45, 7) is 2.56. The van der Waals surface area contributed by atoms with Gasteiger partial charge in [-0.25, -0.2) is 12.8 Å². The highest BCUT2D eigenvalue weighted by Gasteiger charge is 2.29. The molecular weight excluding hydrogens is 479 g/mol. The van der Waals surface area contributed by atoms with E-state index in [1.807, 2.05) is 43.3 Å². The molecule has 0 aromatic heterocycles. The first-order valence-electron chi connectivity index (χ1n) is 11.8. The molecule has 1 N–H and O–H groups in total. The summed E-state index contributed by atoms with van der Waals surface area (Å²) in [5.74, 6) is -0.371. The summed E-state index contributed by atoms with van der Waals surface area (Å²) in [4.78, 5) is 13.5. The summed E-state index contributed by atoms with van der Waals surface area (Å²) in [7, 11) is -3.90. The van der Waals surface area contributed by atoms with Crippen molar-refractivity contribution in [1.82, 2.24) is 0 Å². The lowest BCUT2D eigenvalue weighted by molar-refractivity contribution is 0.102. The normalized spacial score (nSPS) is 13.3. The smallest absolute Gasteiger partial charge is 0.264 e. The van der Waals surface area contributed by atoms with E-state index in [-0.39, 0.29) is 10.8 Å². The Labute approximate surface area is 209 Å². The van der Waals surface area contributed by atoms with Gasteiger partial charge in [0.2, 0.25) is 0 Å². The maximum atomic E-state index is 13.5. The third kappa shape index (κ3) is 4.40. The summed E-state index contributed by atoms with van der Waals surface area (Å²) < 4.78 is 47.2. The first-order chi connectivity index (χ1) is 17.4. The molecule has 1 amide bonds. The number of hydrogen-bond donors (Lipinski definition) is 1. The number of halogens is 1. The summed E-state index contributed by atoms with van der Waals surface area (Å²) in [6, 6.07) is 21.4. The van der Waals surface area contributed by atoms with Gasteiger partial charge in [-0.05, 0) is 78.6 Å². The van der Waals surface area contributed by atoms with Crippen LogP contribution in [0.15, 0.2) is 83.8 Å². The van der Waals surface area contributed by atoms with Gasteiger partial charge in [0.05, 0.1) is 22.8 Å². The SMILES string of the molecule is CCOc1ccc2ccccc2c1C(=O)Nc1ccc2c(c1)N(S(=O)(=O)c1ccc(F)cc1)CCC2. The molecule has 36 heavy (non-hydrogen) atoms. The highest BCUT2D eigenvalue weighted by molar-refractivity contribution is 7.92. The second kappa shape index (κ2) is 9.62. The van der Waals surface area contributed by atoms with Gasteiger partial charge in [-0.3, -0.25) is 9.10 Å². The van der Waals surface area contributed by atoms with Crippen molar-refractivity contribution in [2.24, 2.45) is 0 Å².